The summed E-state index contributed by atoms with van der Waals surface area (Å²) in [6, 6.07) is 3.41. The predicted octanol–water partition coefficient (Wildman–Crippen LogP) is 2.90. The van der Waals surface area contributed by atoms with Gasteiger partial charge in [-0.1, -0.05) is 0 Å². The number of furan rings is 1. The zero-order chi connectivity index (χ0) is 16.6. The lowest BCUT2D eigenvalue weighted by Gasteiger charge is -2.31. The Labute approximate surface area is 141 Å². The van der Waals surface area contributed by atoms with Crippen molar-refractivity contribution in [3.05, 3.63) is 45.4 Å². The minimum Gasteiger partial charge on any atom is -0.462 e. The molecule has 1 aromatic heterocycles. The van der Waals surface area contributed by atoms with Crippen molar-refractivity contribution >= 4 is 27.7 Å². The molecule has 0 unspecified atom stereocenters. The first-order valence-corrected chi connectivity index (χ1v) is 8.18. The average molecular weight is 382 g/mol. The quantitative estimate of drug-likeness (QED) is 0.809. The van der Waals surface area contributed by atoms with E-state index in [0.717, 1.165) is 0 Å². The SMILES string of the molecule is CCOC(=O)C1=C(N)OC2=C(C(=O)CCC2)[C@H]1c1ccc(Br)o1. The molecule has 0 radical (unpaired) electrons. The molecule has 0 saturated heterocycles. The van der Waals surface area contributed by atoms with Gasteiger partial charge < -0.3 is 19.6 Å². The van der Waals surface area contributed by atoms with Gasteiger partial charge in [-0.05, 0) is 41.4 Å². The highest BCUT2D eigenvalue weighted by molar-refractivity contribution is 9.10. The van der Waals surface area contributed by atoms with Crippen LogP contribution in [0.3, 0.4) is 0 Å². The van der Waals surface area contributed by atoms with Gasteiger partial charge in [0.15, 0.2) is 10.5 Å². The summed E-state index contributed by atoms with van der Waals surface area (Å²) in [5, 5.41) is 0. The third kappa shape index (κ3) is 2.81. The number of nitrogens with two attached hydrogens (primary N) is 1. The maximum absolute atomic E-state index is 12.4. The van der Waals surface area contributed by atoms with E-state index in [0.29, 0.717) is 41.0 Å². The lowest BCUT2D eigenvalue weighted by molar-refractivity contribution is -0.139. The highest BCUT2D eigenvalue weighted by Crippen LogP contribution is 2.44. The molecule has 6 nitrogen and oxygen atoms in total. The zero-order valence-corrected chi connectivity index (χ0v) is 14.1. The van der Waals surface area contributed by atoms with Crippen molar-refractivity contribution in [2.24, 2.45) is 5.73 Å². The van der Waals surface area contributed by atoms with Crippen molar-refractivity contribution in [2.45, 2.75) is 32.1 Å². The molecule has 0 saturated carbocycles. The summed E-state index contributed by atoms with van der Waals surface area (Å²) < 4.78 is 16.8. The van der Waals surface area contributed by atoms with Crippen molar-refractivity contribution < 1.29 is 23.5 Å². The minimum atomic E-state index is -0.697. The molecule has 23 heavy (non-hydrogen) atoms. The van der Waals surface area contributed by atoms with E-state index >= 15 is 0 Å². The molecule has 0 fully saturated rings. The van der Waals surface area contributed by atoms with E-state index in [2.05, 4.69) is 15.9 Å². The number of hydrogen-bond donors (Lipinski definition) is 1. The molecule has 1 aliphatic carbocycles. The van der Waals surface area contributed by atoms with E-state index in [4.69, 9.17) is 19.6 Å². The van der Waals surface area contributed by atoms with Crippen LogP contribution >= 0.6 is 15.9 Å². The summed E-state index contributed by atoms with van der Waals surface area (Å²) >= 11 is 3.24. The van der Waals surface area contributed by atoms with Gasteiger partial charge >= 0.3 is 5.97 Å². The van der Waals surface area contributed by atoms with Gasteiger partial charge in [0.2, 0.25) is 5.88 Å². The van der Waals surface area contributed by atoms with Gasteiger partial charge in [-0.25, -0.2) is 4.79 Å². The van der Waals surface area contributed by atoms with Crippen LogP contribution in [0.15, 0.2) is 44.0 Å². The van der Waals surface area contributed by atoms with Crippen molar-refractivity contribution in [1.29, 1.82) is 0 Å². The second-order valence-corrected chi connectivity index (χ2v) is 6.07. The van der Waals surface area contributed by atoms with Gasteiger partial charge in [0.1, 0.15) is 17.1 Å². The monoisotopic (exact) mass is 381 g/mol. The Morgan fingerprint density at radius 2 is 2.22 bits per heavy atom. The van der Waals surface area contributed by atoms with Crippen LogP contribution in [0.25, 0.3) is 0 Å². The van der Waals surface area contributed by atoms with Crippen molar-refractivity contribution in [2.75, 3.05) is 6.61 Å². The van der Waals surface area contributed by atoms with E-state index in [-0.39, 0.29) is 23.8 Å². The topological polar surface area (TPSA) is 91.8 Å². The number of carbonyl (C=O) groups is 2. The van der Waals surface area contributed by atoms with E-state index in [1.54, 1.807) is 19.1 Å². The normalized spacial score (nSPS) is 21.1. The van der Waals surface area contributed by atoms with Crippen LogP contribution in [-0.2, 0) is 19.1 Å². The Balaban J connectivity index is 2.14. The van der Waals surface area contributed by atoms with Gasteiger partial charge in [-0.3, -0.25) is 4.79 Å². The third-order valence-corrected chi connectivity index (χ3v) is 4.28. The van der Waals surface area contributed by atoms with Crippen molar-refractivity contribution in [3.8, 4) is 0 Å². The van der Waals surface area contributed by atoms with Gasteiger partial charge in [-0.15, -0.1) is 0 Å². The van der Waals surface area contributed by atoms with Crippen LogP contribution in [-0.4, -0.2) is 18.4 Å². The number of allylic oxidation sites excluding steroid dienone is 2. The van der Waals surface area contributed by atoms with Gasteiger partial charge in [0.05, 0.1) is 12.5 Å². The third-order valence-electron chi connectivity index (χ3n) is 3.86. The lowest BCUT2D eigenvalue weighted by Crippen LogP contribution is -2.31. The van der Waals surface area contributed by atoms with Gasteiger partial charge in [0.25, 0.3) is 0 Å². The fourth-order valence-electron chi connectivity index (χ4n) is 2.93. The molecule has 2 heterocycles. The molecule has 1 atom stereocenters. The molecular formula is C16H16BrNO5. The Hall–Kier alpha value is -2.02. The smallest absolute Gasteiger partial charge is 0.340 e. The standard InChI is InChI=1S/C16H16BrNO5/c1-2-21-16(20)14-13(10-6-7-11(17)22-10)12-8(19)4-3-5-9(12)23-15(14)18/h6-7,13H,2-5,18H2,1H3/t13-/m1/s1. The first-order valence-electron chi connectivity index (χ1n) is 7.39. The highest BCUT2D eigenvalue weighted by atomic mass is 79.9. The zero-order valence-electron chi connectivity index (χ0n) is 12.6. The molecule has 0 bridgehead atoms. The van der Waals surface area contributed by atoms with Crippen LogP contribution in [0.2, 0.25) is 0 Å². The van der Waals surface area contributed by atoms with Crippen LogP contribution < -0.4 is 5.73 Å². The second kappa shape index (κ2) is 6.23. The summed E-state index contributed by atoms with van der Waals surface area (Å²) in [5.41, 5.74) is 6.51. The van der Waals surface area contributed by atoms with Crippen LogP contribution in [0.1, 0.15) is 37.9 Å². The summed E-state index contributed by atoms with van der Waals surface area (Å²) in [4.78, 5) is 24.8. The molecule has 3 rings (SSSR count). The minimum absolute atomic E-state index is 0.0329. The van der Waals surface area contributed by atoms with Crippen molar-refractivity contribution in [3.63, 3.8) is 0 Å². The largest absolute Gasteiger partial charge is 0.462 e. The Morgan fingerprint density at radius 3 is 2.87 bits per heavy atom. The highest BCUT2D eigenvalue weighted by Gasteiger charge is 2.42. The Bertz CT molecular complexity index is 731. The van der Waals surface area contributed by atoms with Crippen molar-refractivity contribution in [1.82, 2.24) is 0 Å². The average Bonchev–Trinajstić information content (AvgIpc) is 2.92. The molecule has 1 aromatic rings. The second-order valence-electron chi connectivity index (χ2n) is 5.29. The first kappa shape index (κ1) is 15.9. The maximum Gasteiger partial charge on any atom is 0.340 e. The van der Waals surface area contributed by atoms with E-state index in [1.807, 2.05) is 0 Å². The molecular weight excluding hydrogens is 366 g/mol. The predicted molar refractivity (Wildman–Crippen MR) is 84.0 cm³/mol. The number of hydrogen-bond acceptors (Lipinski definition) is 6. The molecule has 7 heteroatoms. The number of halogens is 1. The summed E-state index contributed by atoms with van der Waals surface area (Å²) in [6.45, 7) is 1.90. The number of ketones is 1. The fraction of sp³-hybridized carbons (Fsp3) is 0.375. The Kier molecular flexibility index (Phi) is 4.30. The van der Waals surface area contributed by atoms with Crippen LogP contribution in [0, 0.1) is 0 Å². The van der Waals surface area contributed by atoms with E-state index in [9.17, 15) is 9.59 Å². The molecule has 122 valence electrons. The number of rotatable bonds is 3. The first-order chi connectivity index (χ1) is 11.0. The fourth-order valence-corrected chi connectivity index (χ4v) is 3.25. The van der Waals surface area contributed by atoms with Gasteiger partial charge in [0, 0.05) is 18.4 Å². The van der Waals surface area contributed by atoms with Crippen LogP contribution in [0.5, 0.6) is 0 Å². The molecule has 0 spiro atoms. The molecule has 0 aromatic carbocycles. The Morgan fingerprint density at radius 1 is 1.43 bits per heavy atom. The number of ether oxygens (including phenoxy) is 2. The number of carbonyl (C=O) groups excluding carboxylic acids is 2. The van der Waals surface area contributed by atoms with E-state index in [1.165, 1.54) is 0 Å². The molecule has 1 aliphatic heterocycles. The van der Waals surface area contributed by atoms with Gasteiger partial charge in [-0.2, -0.15) is 0 Å². The van der Waals surface area contributed by atoms with E-state index < -0.39 is 11.9 Å². The summed E-state index contributed by atoms with van der Waals surface area (Å²) in [5.74, 6) is -0.421. The molecule has 2 aliphatic rings. The van der Waals surface area contributed by atoms with Crippen LogP contribution in [0.4, 0.5) is 0 Å². The maximum atomic E-state index is 12.4. The molecule has 0 amide bonds. The number of Topliss-reactive ketones (excluding diaryl/α,β-unsaturated/α-hetero) is 1. The summed E-state index contributed by atoms with van der Waals surface area (Å²) in [7, 11) is 0. The lowest BCUT2D eigenvalue weighted by atomic mass is 9.79. The molecule has 2 N–H and O–H groups in total. The number of esters is 1. The summed E-state index contributed by atoms with van der Waals surface area (Å²) in [6.07, 6.45) is 1.72.